The van der Waals surface area contributed by atoms with Gasteiger partial charge in [-0.2, -0.15) is 0 Å². The molecule has 0 unspecified atom stereocenters. The lowest BCUT2D eigenvalue weighted by atomic mass is 9.94. The number of rotatable bonds is 4. The van der Waals surface area contributed by atoms with Gasteiger partial charge in [0.05, 0.1) is 17.8 Å². The number of thiocarbonyl (C=S) groups is 1. The number of benzene rings is 1. The Morgan fingerprint density at radius 1 is 1.00 bits per heavy atom. The molecule has 0 spiro atoms. The quantitative estimate of drug-likeness (QED) is 0.475. The van der Waals surface area contributed by atoms with Crippen molar-refractivity contribution in [1.29, 1.82) is 0 Å². The lowest BCUT2D eigenvalue weighted by molar-refractivity contribution is 0.174. The van der Waals surface area contributed by atoms with Crippen LogP contribution in [-0.2, 0) is 0 Å². The normalized spacial score (nSPS) is 22.3. The van der Waals surface area contributed by atoms with E-state index < -0.39 is 0 Å². The van der Waals surface area contributed by atoms with Crippen molar-refractivity contribution in [2.24, 2.45) is 0 Å². The van der Waals surface area contributed by atoms with Gasteiger partial charge in [0.15, 0.2) is 16.6 Å². The van der Waals surface area contributed by atoms with Crippen LogP contribution in [0.15, 0.2) is 48.7 Å². The predicted octanol–water partition coefficient (Wildman–Crippen LogP) is 5.91. The SMILES string of the molecule is Cc1cc([C@H]2[C@H](c3ccccn3)NC(=S)N2c2ccc3c(c2)OCO3)c(C)n1C1CCCCC1. The minimum Gasteiger partial charge on any atom is -0.454 e. The van der Waals surface area contributed by atoms with E-state index >= 15 is 0 Å². The Balaban J connectivity index is 1.47. The van der Waals surface area contributed by atoms with Crippen molar-refractivity contribution in [1.82, 2.24) is 14.9 Å². The van der Waals surface area contributed by atoms with Crippen molar-refractivity contribution in [3.63, 3.8) is 0 Å². The first kappa shape index (κ1) is 21.5. The predicted molar refractivity (Wildman–Crippen MR) is 137 cm³/mol. The Labute approximate surface area is 205 Å². The van der Waals surface area contributed by atoms with Gasteiger partial charge in [-0.15, -0.1) is 0 Å². The number of aromatic nitrogens is 2. The molecule has 1 saturated carbocycles. The second-order valence-electron chi connectivity index (χ2n) is 9.52. The summed E-state index contributed by atoms with van der Waals surface area (Å²) in [4.78, 5) is 6.93. The number of anilines is 1. The summed E-state index contributed by atoms with van der Waals surface area (Å²) in [6.07, 6.45) is 8.34. The van der Waals surface area contributed by atoms with E-state index in [0.717, 1.165) is 22.9 Å². The number of nitrogens with zero attached hydrogens (tertiary/aromatic N) is 3. The number of nitrogens with one attached hydrogen (secondary N) is 1. The summed E-state index contributed by atoms with van der Waals surface area (Å²) in [5.41, 5.74) is 5.92. The highest BCUT2D eigenvalue weighted by molar-refractivity contribution is 7.80. The lowest BCUT2D eigenvalue weighted by Crippen LogP contribution is -2.29. The average molecular weight is 475 g/mol. The Morgan fingerprint density at radius 3 is 2.62 bits per heavy atom. The molecular weight excluding hydrogens is 444 g/mol. The first-order valence-electron chi connectivity index (χ1n) is 12.2. The molecule has 4 heterocycles. The molecule has 34 heavy (non-hydrogen) atoms. The minimum atomic E-state index is -0.0561. The van der Waals surface area contributed by atoms with Crippen molar-refractivity contribution >= 4 is 23.0 Å². The summed E-state index contributed by atoms with van der Waals surface area (Å²) in [5, 5.41) is 4.28. The van der Waals surface area contributed by atoms with Crippen LogP contribution in [0.25, 0.3) is 0 Å². The molecule has 1 saturated heterocycles. The fourth-order valence-corrected chi connectivity index (χ4v) is 6.33. The summed E-state index contributed by atoms with van der Waals surface area (Å²) in [7, 11) is 0. The number of pyridine rings is 1. The van der Waals surface area contributed by atoms with Gasteiger partial charge in [0.1, 0.15) is 0 Å². The molecule has 3 aliphatic rings. The molecule has 2 atom stereocenters. The van der Waals surface area contributed by atoms with E-state index in [2.05, 4.69) is 46.8 Å². The van der Waals surface area contributed by atoms with Crippen LogP contribution in [0.5, 0.6) is 11.5 Å². The lowest BCUT2D eigenvalue weighted by Gasteiger charge is -2.30. The number of hydrogen-bond donors (Lipinski definition) is 1. The highest BCUT2D eigenvalue weighted by Gasteiger charge is 2.43. The molecule has 2 aromatic heterocycles. The zero-order valence-electron chi connectivity index (χ0n) is 19.7. The molecule has 1 aliphatic carbocycles. The van der Waals surface area contributed by atoms with Gasteiger partial charge in [-0.3, -0.25) is 4.98 Å². The van der Waals surface area contributed by atoms with Crippen molar-refractivity contribution in [2.45, 2.75) is 64.1 Å². The zero-order chi connectivity index (χ0) is 23.2. The van der Waals surface area contributed by atoms with E-state index in [1.807, 2.05) is 30.5 Å². The third-order valence-corrected chi connectivity index (χ3v) is 7.83. The topological polar surface area (TPSA) is 51.6 Å². The van der Waals surface area contributed by atoms with Crippen LogP contribution in [0.2, 0.25) is 0 Å². The van der Waals surface area contributed by atoms with Crippen LogP contribution in [0.4, 0.5) is 5.69 Å². The monoisotopic (exact) mass is 474 g/mol. The zero-order valence-corrected chi connectivity index (χ0v) is 20.5. The van der Waals surface area contributed by atoms with Gasteiger partial charge in [0.2, 0.25) is 6.79 Å². The minimum absolute atomic E-state index is 0.0219. The van der Waals surface area contributed by atoms with Gasteiger partial charge in [-0.1, -0.05) is 25.3 Å². The molecule has 6 nitrogen and oxygen atoms in total. The maximum atomic E-state index is 5.92. The number of hydrogen-bond acceptors (Lipinski definition) is 4. The number of aryl methyl sites for hydroxylation is 1. The van der Waals surface area contributed by atoms with Crippen molar-refractivity contribution in [2.75, 3.05) is 11.7 Å². The summed E-state index contributed by atoms with van der Waals surface area (Å²) in [6.45, 7) is 4.77. The molecule has 3 aromatic rings. The van der Waals surface area contributed by atoms with Gasteiger partial charge >= 0.3 is 0 Å². The van der Waals surface area contributed by atoms with Crippen LogP contribution in [-0.4, -0.2) is 21.5 Å². The van der Waals surface area contributed by atoms with E-state index in [1.54, 1.807) is 0 Å². The standard InChI is InChI=1S/C27H30N4O2S/c1-17-14-21(18(2)30(17)19-8-4-3-5-9-19)26-25(22-10-6-7-13-28-22)29-27(34)31(26)20-11-12-23-24(15-20)33-16-32-23/h6-7,10-15,19,25-26H,3-5,8-9,16H2,1-2H3,(H,29,34)/t25-,26-/m0/s1. The Kier molecular flexibility index (Phi) is 5.44. The maximum absolute atomic E-state index is 5.92. The Bertz CT molecular complexity index is 1220. The van der Waals surface area contributed by atoms with E-state index in [4.69, 9.17) is 26.7 Å². The molecule has 1 N–H and O–H groups in total. The molecule has 0 amide bonds. The third kappa shape index (κ3) is 3.54. The van der Waals surface area contributed by atoms with Gasteiger partial charge in [-0.25, -0.2) is 0 Å². The van der Waals surface area contributed by atoms with Crippen LogP contribution in [0.1, 0.15) is 72.9 Å². The molecular formula is C27H30N4O2S. The van der Waals surface area contributed by atoms with E-state index in [9.17, 15) is 0 Å². The third-order valence-electron chi connectivity index (χ3n) is 7.51. The first-order chi connectivity index (χ1) is 16.6. The number of fused-ring (bicyclic) bond motifs is 1. The smallest absolute Gasteiger partial charge is 0.231 e. The molecule has 0 radical (unpaired) electrons. The van der Waals surface area contributed by atoms with Gasteiger partial charge < -0.3 is 24.3 Å². The fourth-order valence-electron chi connectivity index (χ4n) is 5.99. The second kappa shape index (κ2) is 8.62. The summed E-state index contributed by atoms with van der Waals surface area (Å²) >= 11 is 5.92. The molecule has 2 fully saturated rings. The fraction of sp³-hybridized carbons (Fsp3) is 0.407. The Morgan fingerprint density at radius 2 is 1.82 bits per heavy atom. The maximum Gasteiger partial charge on any atom is 0.231 e. The summed E-state index contributed by atoms with van der Waals surface area (Å²) in [5.74, 6) is 1.53. The molecule has 6 rings (SSSR count). The van der Waals surface area contributed by atoms with Crippen LogP contribution >= 0.6 is 12.2 Å². The average Bonchev–Trinajstić information content (AvgIpc) is 3.54. The second-order valence-corrected chi connectivity index (χ2v) is 9.91. The molecule has 7 heteroatoms. The van der Waals surface area contributed by atoms with Gasteiger partial charge in [-0.05, 0) is 74.8 Å². The van der Waals surface area contributed by atoms with Crippen LogP contribution in [0.3, 0.4) is 0 Å². The first-order valence-corrected chi connectivity index (χ1v) is 12.6. The summed E-state index contributed by atoms with van der Waals surface area (Å²) in [6, 6.07) is 15.0. The molecule has 2 aliphatic heterocycles. The van der Waals surface area contributed by atoms with Crippen molar-refractivity contribution in [3.05, 3.63) is 71.3 Å². The highest BCUT2D eigenvalue weighted by atomic mass is 32.1. The van der Waals surface area contributed by atoms with Crippen LogP contribution in [0, 0.1) is 13.8 Å². The Hall–Kier alpha value is -3.06. The van der Waals surface area contributed by atoms with E-state index in [0.29, 0.717) is 11.2 Å². The van der Waals surface area contributed by atoms with E-state index in [-0.39, 0.29) is 18.9 Å². The van der Waals surface area contributed by atoms with E-state index in [1.165, 1.54) is 49.1 Å². The highest BCUT2D eigenvalue weighted by Crippen LogP contribution is 2.46. The summed E-state index contributed by atoms with van der Waals surface area (Å²) < 4.78 is 13.8. The van der Waals surface area contributed by atoms with Crippen molar-refractivity contribution in [3.8, 4) is 11.5 Å². The van der Waals surface area contributed by atoms with Gasteiger partial charge in [0.25, 0.3) is 0 Å². The van der Waals surface area contributed by atoms with Gasteiger partial charge in [0, 0.05) is 35.4 Å². The largest absolute Gasteiger partial charge is 0.454 e. The number of ether oxygens (including phenoxy) is 2. The molecule has 0 bridgehead atoms. The molecule has 176 valence electrons. The van der Waals surface area contributed by atoms with Crippen LogP contribution < -0.4 is 19.7 Å². The molecule has 1 aromatic carbocycles. The van der Waals surface area contributed by atoms with Crippen molar-refractivity contribution < 1.29 is 9.47 Å².